The maximum atomic E-state index is 5.04. The van der Waals surface area contributed by atoms with Crippen LogP contribution in [0.15, 0.2) is 37.4 Å². The van der Waals surface area contributed by atoms with Gasteiger partial charge < -0.3 is 4.74 Å². The Morgan fingerprint density at radius 2 is 1.77 bits per heavy atom. The lowest BCUT2D eigenvalue weighted by molar-refractivity contribution is 0.245. The number of hydrogen-bond acceptors (Lipinski definition) is 1. The van der Waals surface area contributed by atoms with E-state index in [-0.39, 0.29) is 0 Å². The Morgan fingerprint density at radius 3 is 2.23 bits per heavy atom. The molecule has 0 bridgehead atoms. The van der Waals surface area contributed by atoms with E-state index in [0.717, 1.165) is 13.0 Å². The van der Waals surface area contributed by atoms with Crippen LogP contribution < -0.4 is 0 Å². The summed E-state index contributed by atoms with van der Waals surface area (Å²) in [6, 6.07) is 1.22. The maximum absolute atomic E-state index is 5.04. The predicted octanol–water partition coefficient (Wildman–Crippen LogP) is 3.46. The molecule has 0 aliphatic rings. The minimum Gasteiger partial charge on any atom is -0.502 e. The van der Waals surface area contributed by atoms with Crippen LogP contribution in [0.1, 0.15) is 12.8 Å². The Hall–Kier alpha value is -0.763. The van der Waals surface area contributed by atoms with E-state index in [1.54, 1.807) is 0 Å². The molecule has 13 heavy (non-hydrogen) atoms. The normalized spacial score (nSPS) is 10.5. The fraction of sp³-hybridized carbons (Fsp3) is 0.455. The van der Waals surface area contributed by atoms with Gasteiger partial charge in [-0.3, -0.25) is 0 Å². The number of hydrogen-bond donors (Lipinski definition) is 0. The molecule has 0 aromatic carbocycles. The molecule has 0 spiro atoms. The van der Waals surface area contributed by atoms with Gasteiger partial charge in [0.2, 0.25) is 0 Å². The molecule has 0 saturated heterocycles. The Labute approximate surface area is 82.8 Å². The summed E-state index contributed by atoms with van der Waals surface area (Å²) in [7, 11) is -1.31. The third kappa shape index (κ3) is 5.47. The summed E-state index contributed by atoms with van der Waals surface area (Å²) < 4.78 is 5.04. The van der Waals surface area contributed by atoms with Crippen LogP contribution in [0.3, 0.4) is 0 Å². The fourth-order valence-electron chi connectivity index (χ4n) is 1.06. The van der Waals surface area contributed by atoms with E-state index in [2.05, 4.69) is 37.7 Å². The van der Waals surface area contributed by atoms with Crippen molar-refractivity contribution in [3.8, 4) is 0 Å². The van der Waals surface area contributed by atoms with Crippen LogP contribution >= 0.6 is 0 Å². The molecule has 74 valence electrons. The quantitative estimate of drug-likeness (QED) is 0.328. The molecular weight excluding hydrogens is 176 g/mol. The molecule has 2 heteroatoms. The van der Waals surface area contributed by atoms with Crippen LogP contribution in [-0.4, -0.2) is 14.7 Å². The van der Waals surface area contributed by atoms with Crippen LogP contribution in [0.5, 0.6) is 0 Å². The zero-order chi connectivity index (χ0) is 10.2. The van der Waals surface area contributed by atoms with Crippen LogP contribution in [0, 0.1) is 0 Å². The monoisotopic (exact) mass is 196 g/mol. The molecule has 0 unspecified atom stereocenters. The van der Waals surface area contributed by atoms with E-state index < -0.39 is 8.07 Å². The molecule has 0 saturated carbocycles. The first kappa shape index (κ1) is 12.2. The van der Waals surface area contributed by atoms with Crippen molar-refractivity contribution in [1.29, 1.82) is 0 Å². The second-order valence-electron chi connectivity index (χ2n) is 3.41. The van der Waals surface area contributed by atoms with Crippen molar-refractivity contribution in [3.63, 3.8) is 0 Å². The topological polar surface area (TPSA) is 9.23 Å². The zero-order valence-electron chi connectivity index (χ0n) is 8.59. The van der Waals surface area contributed by atoms with Crippen molar-refractivity contribution in [3.05, 3.63) is 37.4 Å². The van der Waals surface area contributed by atoms with E-state index >= 15 is 0 Å². The van der Waals surface area contributed by atoms with Gasteiger partial charge in [0.05, 0.1) is 20.9 Å². The predicted molar refractivity (Wildman–Crippen MR) is 62.2 cm³/mol. The molecule has 0 rings (SSSR count). The Bertz CT molecular complexity index is 167. The van der Waals surface area contributed by atoms with E-state index in [1.165, 1.54) is 18.7 Å². The van der Waals surface area contributed by atoms with Gasteiger partial charge in [0.25, 0.3) is 0 Å². The molecule has 0 atom stereocenters. The molecule has 0 radical (unpaired) electrons. The molecule has 0 aliphatic heterocycles. The molecular formula is C11H20OSi. The Morgan fingerprint density at radius 1 is 1.15 bits per heavy atom. The number of ether oxygens (including phenoxy) is 1. The first-order valence-corrected chi connectivity index (χ1v) is 7.54. The van der Waals surface area contributed by atoms with Crippen molar-refractivity contribution < 1.29 is 4.74 Å². The first-order valence-electron chi connectivity index (χ1n) is 4.68. The van der Waals surface area contributed by atoms with Crippen LogP contribution in [0.25, 0.3) is 0 Å². The highest BCUT2D eigenvalue weighted by Gasteiger charge is 2.17. The smallest absolute Gasteiger partial charge is 0.0973 e. The van der Waals surface area contributed by atoms with Gasteiger partial charge in [0.1, 0.15) is 0 Å². The summed E-state index contributed by atoms with van der Waals surface area (Å²) in [5.74, 6) is 0. The van der Waals surface area contributed by atoms with Gasteiger partial charge >= 0.3 is 0 Å². The van der Waals surface area contributed by atoms with Crippen molar-refractivity contribution in [2.45, 2.75) is 25.4 Å². The average Bonchev–Trinajstić information content (AvgIpc) is 2.17. The highest BCUT2D eigenvalue weighted by atomic mass is 28.3. The van der Waals surface area contributed by atoms with E-state index in [4.69, 9.17) is 4.74 Å². The largest absolute Gasteiger partial charge is 0.502 e. The van der Waals surface area contributed by atoms with E-state index in [0.29, 0.717) is 0 Å². The van der Waals surface area contributed by atoms with Crippen molar-refractivity contribution >= 4 is 8.07 Å². The minimum absolute atomic E-state index is 0.780. The molecule has 0 aliphatic carbocycles. The maximum Gasteiger partial charge on any atom is 0.0973 e. The van der Waals surface area contributed by atoms with E-state index in [9.17, 15) is 0 Å². The summed E-state index contributed by atoms with van der Waals surface area (Å²) in [6.45, 7) is 14.3. The van der Waals surface area contributed by atoms with E-state index in [1.807, 2.05) is 0 Å². The van der Waals surface area contributed by atoms with Gasteiger partial charge in [-0.15, -0.1) is 13.2 Å². The highest BCUT2D eigenvalue weighted by Crippen LogP contribution is 2.15. The summed E-state index contributed by atoms with van der Waals surface area (Å²) in [5.41, 5.74) is 4.18. The van der Waals surface area contributed by atoms with Gasteiger partial charge in [-0.1, -0.05) is 37.0 Å². The van der Waals surface area contributed by atoms with Gasteiger partial charge in [-0.25, -0.2) is 0 Å². The van der Waals surface area contributed by atoms with Crippen LogP contribution in [0.4, 0.5) is 0 Å². The van der Waals surface area contributed by atoms with Crippen molar-refractivity contribution in [2.24, 2.45) is 0 Å². The summed E-state index contributed by atoms with van der Waals surface area (Å²) in [5, 5.41) is 0. The third-order valence-electron chi connectivity index (χ3n) is 2.28. The zero-order valence-corrected chi connectivity index (χ0v) is 9.59. The molecule has 0 aromatic heterocycles. The molecule has 0 aromatic rings. The standard InChI is InChI=1S/C11H20OSi/c1-5-12-10-8-9-11-13(4,6-2)7-3/h5-7H,1-3,8-11H2,4H3. The van der Waals surface area contributed by atoms with Gasteiger partial charge in [0, 0.05) is 0 Å². The number of rotatable bonds is 8. The third-order valence-corrected chi connectivity index (χ3v) is 5.57. The molecule has 0 heterocycles. The van der Waals surface area contributed by atoms with Gasteiger partial charge in [0.15, 0.2) is 0 Å². The van der Waals surface area contributed by atoms with Crippen LogP contribution in [0.2, 0.25) is 12.6 Å². The average molecular weight is 196 g/mol. The molecule has 0 fully saturated rings. The highest BCUT2D eigenvalue weighted by molar-refractivity contribution is 6.87. The second-order valence-corrected chi connectivity index (χ2v) is 7.74. The molecule has 0 amide bonds. The lowest BCUT2D eigenvalue weighted by atomic mass is 10.4. The summed E-state index contributed by atoms with van der Waals surface area (Å²) >= 11 is 0. The van der Waals surface area contributed by atoms with Crippen molar-refractivity contribution in [2.75, 3.05) is 6.61 Å². The summed E-state index contributed by atoms with van der Waals surface area (Å²) in [4.78, 5) is 0. The Kier molecular flexibility index (Phi) is 6.33. The van der Waals surface area contributed by atoms with Gasteiger partial charge in [-0.05, 0) is 6.42 Å². The second kappa shape index (κ2) is 6.72. The molecule has 1 nitrogen and oxygen atoms in total. The van der Waals surface area contributed by atoms with Crippen LogP contribution in [-0.2, 0) is 4.74 Å². The SMILES string of the molecule is C=COCCCC[Si](C)(C=C)C=C. The number of unbranched alkanes of at least 4 members (excludes halogenated alkanes) is 1. The lowest BCUT2D eigenvalue weighted by Gasteiger charge is -2.17. The first-order chi connectivity index (χ1) is 6.18. The molecule has 0 N–H and O–H groups in total. The fourth-order valence-corrected chi connectivity index (χ4v) is 2.65. The Balaban J connectivity index is 3.55. The minimum atomic E-state index is -1.31. The van der Waals surface area contributed by atoms with Crippen molar-refractivity contribution in [1.82, 2.24) is 0 Å². The lowest BCUT2D eigenvalue weighted by Crippen LogP contribution is -2.23. The van der Waals surface area contributed by atoms with Gasteiger partial charge in [-0.2, -0.15) is 0 Å². The summed E-state index contributed by atoms with van der Waals surface area (Å²) in [6.07, 6.45) is 3.78.